The first kappa shape index (κ1) is 20.7. The van der Waals surface area contributed by atoms with Crippen LogP contribution in [0.15, 0.2) is 36.7 Å². The summed E-state index contributed by atoms with van der Waals surface area (Å²) in [5, 5.41) is 3.55. The van der Waals surface area contributed by atoms with Crippen molar-refractivity contribution in [2.45, 2.75) is 51.6 Å². The molecule has 1 saturated carbocycles. The number of nitrogens with zero attached hydrogens (tertiary/aromatic N) is 6. The number of rotatable bonds is 5. The number of amides is 1. The molecule has 0 radical (unpaired) electrons. The molecule has 0 atom stereocenters. The van der Waals surface area contributed by atoms with Crippen LogP contribution in [0.2, 0.25) is 0 Å². The lowest BCUT2D eigenvalue weighted by Crippen LogP contribution is -2.49. The van der Waals surface area contributed by atoms with E-state index in [-0.39, 0.29) is 5.91 Å². The lowest BCUT2D eigenvalue weighted by Gasteiger charge is -2.35. The Hall–Kier alpha value is -3.16. The molecule has 32 heavy (non-hydrogen) atoms. The number of hydrogen-bond acceptors (Lipinski definition) is 6. The topological polar surface area (TPSA) is 79.2 Å². The summed E-state index contributed by atoms with van der Waals surface area (Å²) < 4.78 is 1.93. The predicted molar refractivity (Wildman–Crippen MR) is 126 cm³/mol. The largest absolute Gasteiger partial charge is 0.353 e. The molecule has 3 heterocycles. The number of piperazine rings is 1. The highest BCUT2D eigenvalue weighted by atomic mass is 16.2. The van der Waals surface area contributed by atoms with Crippen LogP contribution in [-0.2, 0) is 11.3 Å². The second kappa shape index (κ2) is 9.14. The fourth-order valence-electron chi connectivity index (χ4n) is 4.77. The van der Waals surface area contributed by atoms with Gasteiger partial charge in [-0.15, -0.1) is 0 Å². The molecule has 0 unspecified atom stereocenters. The summed E-state index contributed by atoms with van der Waals surface area (Å²) in [5.74, 6) is 1.81. The molecule has 1 aliphatic carbocycles. The number of aryl methyl sites for hydroxylation is 1. The fraction of sp³-hybridized carbons (Fsp3) is 0.500. The maximum absolute atomic E-state index is 12.9. The van der Waals surface area contributed by atoms with Gasteiger partial charge in [0.15, 0.2) is 0 Å². The van der Waals surface area contributed by atoms with Crippen LogP contribution >= 0.6 is 0 Å². The Balaban J connectivity index is 1.20. The maximum Gasteiger partial charge on any atom is 0.242 e. The number of carbonyl (C=O) groups is 1. The third-order valence-corrected chi connectivity index (χ3v) is 6.57. The molecule has 2 aliphatic rings. The Bertz CT molecular complexity index is 1080. The number of nitrogens with one attached hydrogen (secondary N) is 1. The van der Waals surface area contributed by atoms with Gasteiger partial charge in [0.2, 0.25) is 11.9 Å². The Labute approximate surface area is 188 Å². The quantitative estimate of drug-likeness (QED) is 0.666. The number of anilines is 2. The van der Waals surface area contributed by atoms with Crippen molar-refractivity contribution in [3.8, 4) is 0 Å². The van der Waals surface area contributed by atoms with Crippen LogP contribution in [0, 0.1) is 6.92 Å². The van der Waals surface area contributed by atoms with Gasteiger partial charge >= 0.3 is 0 Å². The SMILES string of the molecule is Cc1cc(N2CCN(C(=O)Cn3cnc4ccccc43)CC2)nc(NC2CCCCC2)n1. The Morgan fingerprint density at radius 2 is 1.84 bits per heavy atom. The number of para-hydroxylation sites is 2. The van der Waals surface area contributed by atoms with Gasteiger partial charge in [-0.25, -0.2) is 9.97 Å². The van der Waals surface area contributed by atoms with Crippen molar-refractivity contribution in [3.63, 3.8) is 0 Å². The van der Waals surface area contributed by atoms with Crippen molar-refractivity contribution in [3.05, 3.63) is 42.4 Å². The van der Waals surface area contributed by atoms with E-state index in [2.05, 4.69) is 20.2 Å². The van der Waals surface area contributed by atoms with Crippen molar-refractivity contribution >= 4 is 28.7 Å². The minimum Gasteiger partial charge on any atom is -0.353 e. The normalized spacial score (nSPS) is 17.7. The molecule has 0 bridgehead atoms. The van der Waals surface area contributed by atoms with Crippen molar-refractivity contribution < 1.29 is 4.79 Å². The van der Waals surface area contributed by atoms with Gasteiger partial charge in [-0.05, 0) is 31.9 Å². The predicted octanol–water partition coefficient (Wildman–Crippen LogP) is 3.23. The molecule has 0 spiro atoms. The lowest BCUT2D eigenvalue weighted by molar-refractivity contribution is -0.132. The average molecular weight is 434 g/mol. The number of benzene rings is 1. The molecule has 1 saturated heterocycles. The Kier molecular flexibility index (Phi) is 5.92. The average Bonchev–Trinajstić information content (AvgIpc) is 3.22. The zero-order valence-electron chi connectivity index (χ0n) is 18.7. The standard InChI is InChI=1S/C24H31N7O/c1-18-15-22(28-24(26-18)27-19-7-3-2-4-8-19)29-11-13-30(14-12-29)23(32)16-31-17-25-20-9-5-6-10-21(20)31/h5-6,9-10,15,17,19H,2-4,7-8,11-14,16H2,1H3,(H,26,27,28). The van der Waals surface area contributed by atoms with Crippen LogP contribution in [0.5, 0.6) is 0 Å². The van der Waals surface area contributed by atoms with Gasteiger partial charge < -0.3 is 19.7 Å². The highest BCUT2D eigenvalue weighted by Gasteiger charge is 2.23. The van der Waals surface area contributed by atoms with E-state index in [1.807, 2.05) is 46.7 Å². The second-order valence-corrected chi connectivity index (χ2v) is 8.90. The number of aromatic nitrogens is 4. The molecule has 3 aromatic rings. The van der Waals surface area contributed by atoms with Crippen molar-refractivity contribution in [1.29, 1.82) is 0 Å². The molecular weight excluding hydrogens is 402 g/mol. The third-order valence-electron chi connectivity index (χ3n) is 6.57. The molecule has 168 valence electrons. The monoisotopic (exact) mass is 433 g/mol. The van der Waals surface area contributed by atoms with Crippen molar-refractivity contribution in [2.24, 2.45) is 0 Å². The molecule has 1 aromatic carbocycles. The molecule has 2 aromatic heterocycles. The van der Waals surface area contributed by atoms with Crippen LogP contribution in [-0.4, -0.2) is 62.5 Å². The second-order valence-electron chi connectivity index (χ2n) is 8.90. The van der Waals surface area contributed by atoms with Crippen LogP contribution in [0.4, 0.5) is 11.8 Å². The molecular formula is C24H31N7O. The summed E-state index contributed by atoms with van der Waals surface area (Å²) in [4.78, 5) is 30.9. The highest BCUT2D eigenvalue weighted by molar-refractivity contribution is 5.80. The van der Waals surface area contributed by atoms with Crippen LogP contribution in [0.3, 0.4) is 0 Å². The van der Waals surface area contributed by atoms with Crippen molar-refractivity contribution in [2.75, 3.05) is 36.4 Å². The first-order chi connectivity index (χ1) is 15.7. The van der Waals surface area contributed by atoms with E-state index in [0.29, 0.717) is 25.7 Å². The Morgan fingerprint density at radius 3 is 2.66 bits per heavy atom. The van der Waals surface area contributed by atoms with Crippen LogP contribution in [0.25, 0.3) is 11.0 Å². The summed E-state index contributed by atoms with van der Waals surface area (Å²) in [6.45, 7) is 5.28. The molecule has 8 nitrogen and oxygen atoms in total. The summed E-state index contributed by atoms with van der Waals surface area (Å²) in [6.07, 6.45) is 8.03. The van der Waals surface area contributed by atoms with E-state index in [0.717, 1.165) is 41.6 Å². The summed E-state index contributed by atoms with van der Waals surface area (Å²) in [7, 11) is 0. The minimum absolute atomic E-state index is 0.131. The first-order valence-electron chi connectivity index (χ1n) is 11.7. The van der Waals surface area contributed by atoms with E-state index < -0.39 is 0 Å². The zero-order chi connectivity index (χ0) is 21.9. The van der Waals surface area contributed by atoms with E-state index in [9.17, 15) is 4.79 Å². The van der Waals surface area contributed by atoms with Gasteiger partial charge in [-0.3, -0.25) is 4.79 Å². The summed E-state index contributed by atoms with van der Waals surface area (Å²) in [5.41, 5.74) is 2.88. The molecule has 5 rings (SSSR count). The van der Waals surface area contributed by atoms with Gasteiger partial charge in [0.25, 0.3) is 0 Å². The third kappa shape index (κ3) is 4.54. The Morgan fingerprint density at radius 1 is 1.06 bits per heavy atom. The number of hydrogen-bond donors (Lipinski definition) is 1. The van der Waals surface area contributed by atoms with Crippen molar-refractivity contribution in [1.82, 2.24) is 24.4 Å². The van der Waals surface area contributed by atoms with Gasteiger partial charge in [0, 0.05) is 44.0 Å². The van der Waals surface area contributed by atoms with Crippen LogP contribution in [0.1, 0.15) is 37.8 Å². The van der Waals surface area contributed by atoms with Crippen LogP contribution < -0.4 is 10.2 Å². The number of carbonyl (C=O) groups excluding carboxylic acids is 1. The molecule has 1 aliphatic heterocycles. The van der Waals surface area contributed by atoms with E-state index in [1.54, 1.807) is 6.33 Å². The fourth-order valence-corrected chi connectivity index (χ4v) is 4.77. The van der Waals surface area contributed by atoms with Gasteiger partial charge in [-0.2, -0.15) is 4.98 Å². The van der Waals surface area contributed by atoms with E-state index in [1.165, 1.54) is 32.1 Å². The summed E-state index contributed by atoms with van der Waals surface area (Å²) in [6, 6.07) is 10.4. The zero-order valence-corrected chi connectivity index (χ0v) is 18.7. The van der Waals surface area contributed by atoms with Gasteiger partial charge in [0.1, 0.15) is 12.4 Å². The molecule has 1 amide bonds. The summed E-state index contributed by atoms with van der Waals surface area (Å²) >= 11 is 0. The first-order valence-corrected chi connectivity index (χ1v) is 11.7. The van der Waals surface area contributed by atoms with Gasteiger partial charge in [0.05, 0.1) is 17.4 Å². The van der Waals surface area contributed by atoms with Gasteiger partial charge in [-0.1, -0.05) is 31.4 Å². The minimum atomic E-state index is 0.131. The number of imidazole rings is 1. The van der Waals surface area contributed by atoms with E-state index >= 15 is 0 Å². The maximum atomic E-state index is 12.9. The smallest absolute Gasteiger partial charge is 0.242 e. The lowest BCUT2D eigenvalue weighted by atomic mass is 9.96. The molecule has 1 N–H and O–H groups in total. The highest BCUT2D eigenvalue weighted by Crippen LogP contribution is 2.22. The number of fused-ring (bicyclic) bond motifs is 1. The molecule has 8 heteroatoms. The van der Waals surface area contributed by atoms with E-state index in [4.69, 9.17) is 4.98 Å². The molecule has 2 fully saturated rings.